The Balaban J connectivity index is 2.77. The summed E-state index contributed by atoms with van der Waals surface area (Å²) in [6.07, 6.45) is 1.45. The minimum absolute atomic E-state index is 0.112. The number of carbonyl (C=O) groups is 2. The van der Waals surface area contributed by atoms with Gasteiger partial charge in [0.15, 0.2) is 0 Å². The molecule has 0 spiro atoms. The summed E-state index contributed by atoms with van der Waals surface area (Å²) in [6.45, 7) is 4.01. The lowest BCUT2D eigenvalue weighted by atomic mass is 10.0. The van der Waals surface area contributed by atoms with Crippen LogP contribution in [-0.2, 0) is 9.59 Å². The Kier molecular flexibility index (Phi) is 3.34. The van der Waals surface area contributed by atoms with Crippen molar-refractivity contribution in [2.45, 2.75) is 44.7 Å². The molecule has 1 aliphatic heterocycles. The molecule has 0 aromatic carbocycles. The van der Waals surface area contributed by atoms with Crippen molar-refractivity contribution in [1.29, 1.82) is 0 Å². The molecule has 1 heterocycles. The van der Waals surface area contributed by atoms with Crippen LogP contribution < -0.4 is 5.73 Å². The molecule has 0 aromatic heterocycles. The normalized spacial score (nSPS) is 30.6. The third-order valence-electron chi connectivity index (χ3n) is 2.64. The molecule has 1 unspecified atom stereocenters. The first-order valence-electron chi connectivity index (χ1n) is 5.18. The summed E-state index contributed by atoms with van der Waals surface area (Å²) < 4.78 is 0. The highest BCUT2D eigenvalue weighted by Crippen LogP contribution is 2.25. The first-order valence-corrected chi connectivity index (χ1v) is 5.18. The van der Waals surface area contributed by atoms with E-state index in [1.165, 1.54) is 4.90 Å². The minimum atomic E-state index is -0.964. The van der Waals surface area contributed by atoms with Gasteiger partial charge in [-0.1, -0.05) is 6.92 Å². The van der Waals surface area contributed by atoms with Crippen LogP contribution >= 0.6 is 0 Å². The van der Waals surface area contributed by atoms with Crippen LogP contribution in [-0.4, -0.2) is 40.0 Å². The first kappa shape index (κ1) is 12.0. The van der Waals surface area contributed by atoms with Gasteiger partial charge in [0.05, 0.1) is 0 Å². The van der Waals surface area contributed by atoms with E-state index < -0.39 is 17.6 Å². The smallest absolute Gasteiger partial charge is 0.326 e. The van der Waals surface area contributed by atoms with E-state index in [-0.39, 0.29) is 5.91 Å². The standard InChI is InChI=1S/C10H18N2O3/c1-3-4-8(13)12-6-10(2,11)5-7(12)9(14)15/h7H,3-6,11H2,1-2H3,(H,14,15)/t7?,10-/m0/s1. The van der Waals surface area contributed by atoms with Crippen molar-refractivity contribution in [3.8, 4) is 0 Å². The molecule has 1 fully saturated rings. The highest BCUT2D eigenvalue weighted by Gasteiger charge is 2.43. The van der Waals surface area contributed by atoms with Crippen LogP contribution in [0.4, 0.5) is 0 Å². The van der Waals surface area contributed by atoms with Crippen LogP contribution in [0.3, 0.4) is 0 Å². The summed E-state index contributed by atoms with van der Waals surface area (Å²) in [4.78, 5) is 24.0. The van der Waals surface area contributed by atoms with Crippen LogP contribution in [0.1, 0.15) is 33.1 Å². The predicted molar refractivity (Wildman–Crippen MR) is 55.3 cm³/mol. The fourth-order valence-corrected chi connectivity index (χ4v) is 1.96. The van der Waals surface area contributed by atoms with Gasteiger partial charge >= 0.3 is 5.97 Å². The molecule has 0 bridgehead atoms. The Morgan fingerprint density at radius 2 is 2.20 bits per heavy atom. The van der Waals surface area contributed by atoms with Crippen LogP contribution in [0.5, 0.6) is 0 Å². The number of nitrogens with zero attached hydrogens (tertiary/aromatic N) is 1. The Morgan fingerprint density at radius 3 is 2.67 bits per heavy atom. The lowest BCUT2D eigenvalue weighted by Gasteiger charge is -2.21. The van der Waals surface area contributed by atoms with E-state index in [0.29, 0.717) is 19.4 Å². The highest BCUT2D eigenvalue weighted by atomic mass is 16.4. The molecule has 5 heteroatoms. The van der Waals surface area contributed by atoms with Crippen molar-refractivity contribution < 1.29 is 14.7 Å². The van der Waals surface area contributed by atoms with Crippen molar-refractivity contribution in [2.75, 3.05) is 6.54 Å². The Labute approximate surface area is 89.2 Å². The largest absolute Gasteiger partial charge is 0.480 e. The Morgan fingerprint density at radius 1 is 1.60 bits per heavy atom. The van der Waals surface area contributed by atoms with Crippen molar-refractivity contribution >= 4 is 11.9 Å². The van der Waals surface area contributed by atoms with Crippen LogP contribution in [0.25, 0.3) is 0 Å². The summed E-state index contributed by atoms with van der Waals surface area (Å²) in [5.41, 5.74) is 5.30. The summed E-state index contributed by atoms with van der Waals surface area (Å²) in [7, 11) is 0. The van der Waals surface area contributed by atoms with Crippen LogP contribution in [0.2, 0.25) is 0 Å². The van der Waals surface area contributed by atoms with E-state index in [1.54, 1.807) is 6.92 Å². The van der Waals surface area contributed by atoms with E-state index in [9.17, 15) is 9.59 Å². The molecule has 1 aliphatic rings. The average Bonchev–Trinajstić information content (AvgIpc) is 2.42. The second-order valence-corrected chi connectivity index (χ2v) is 4.48. The number of hydrogen-bond donors (Lipinski definition) is 2. The lowest BCUT2D eigenvalue weighted by molar-refractivity contribution is -0.148. The summed E-state index contributed by atoms with van der Waals surface area (Å²) in [5, 5.41) is 8.98. The first-order chi connectivity index (χ1) is 6.87. The quantitative estimate of drug-likeness (QED) is 0.702. The molecular weight excluding hydrogens is 196 g/mol. The second-order valence-electron chi connectivity index (χ2n) is 4.48. The highest BCUT2D eigenvalue weighted by molar-refractivity contribution is 5.84. The van der Waals surface area contributed by atoms with Gasteiger partial charge in [-0.25, -0.2) is 4.79 Å². The van der Waals surface area contributed by atoms with E-state index in [1.807, 2.05) is 6.92 Å². The molecule has 0 aromatic rings. The number of amides is 1. The molecule has 1 saturated heterocycles. The lowest BCUT2D eigenvalue weighted by Crippen LogP contribution is -2.42. The van der Waals surface area contributed by atoms with Crippen LogP contribution in [0, 0.1) is 0 Å². The minimum Gasteiger partial charge on any atom is -0.480 e. The molecule has 3 N–H and O–H groups in total. The SMILES string of the molecule is CCCC(=O)N1C[C@@](C)(N)CC1C(=O)O. The maximum absolute atomic E-state index is 11.7. The number of nitrogens with two attached hydrogens (primary N) is 1. The molecule has 5 nitrogen and oxygen atoms in total. The number of carboxylic acid groups (broad SMARTS) is 1. The van der Waals surface area contributed by atoms with Crippen molar-refractivity contribution in [1.82, 2.24) is 4.90 Å². The molecule has 15 heavy (non-hydrogen) atoms. The van der Waals surface area contributed by atoms with E-state index in [4.69, 9.17) is 10.8 Å². The molecule has 0 aliphatic carbocycles. The average molecular weight is 214 g/mol. The number of carbonyl (C=O) groups excluding carboxylic acids is 1. The molecule has 0 radical (unpaired) electrons. The van der Waals surface area contributed by atoms with Crippen molar-refractivity contribution in [3.63, 3.8) is 0 Å². The Hall–Kier alpha value is -1.10. The summed E-state index contributed by atoms with van der Waals surface area (Å²) in [6, 6.07) is -0.751. The van der Waals surface area contributed by atoms with E-state index in [2.05, 4.69) is 0 Å². The topological polar surface area (TPSA) is 83.6 Å². The van der Waals surface area contributed by atoms with Gasteiger partial charge < -0.3 is 15.7 Å². The number of aliphatic carboxylic acids is 1. The monoisotopic (exact) mass is 214 g/mol. The van der Waals surface area contributed by atoms with Gasteiger partial charge in [0, 0.05) is 18.5 Å². The number of rotatable bonds is 3. The zero-order valence-electron chi connectivity index (χ0n) is 9.19. The van der Waals surface area contributed by atoms with Gasteiger partial charge in [0.1, 0.15) is 6.04 Å². The number of likely N-dealkylation sites (tertiary alicyclic amines) is 1. The van der Waals surface area contributed by atoms with Crippen LogP contribution in [0.15, 0.2) is 0 Å². The van der Waals surface area contributed by atoms with Gasteiger partial charge in [-0.15, -0.1) is 0 Å². The van der Waals surface area contributed by atoms with Gasteiger partial charge in [-0.3, -0.25) is 4.79 Å². The number of hydrogen-bond acceptors (Lipinski definition) is 3. The molecular formula is C10H18N2O3. The molecule has 2 atom stereocenters. The van der Waals surface area contributed by atoms with Gasteiger partial charge in [0.25, 0.3) is 0 Å². The van der Waals surface area contributed by atoms with Gasteiger partial charge in [-0.05, 0) is 19.8 Å². The second kappa shape index (κ2) is 4.18. The fraction of sp³-hybridized carbons (Fsp3) is 0.800. The maximum atomic E-state index is 11.7. The summed E-state index contributed by atoms with van der Waals surface area (Å²) in [5.74, 6) is -1.08. The molecule has 86 valence electrons. The number of carboxylic acids is 1. The Bertz CT molecular complexity index is 276. The van der Waals surface area contributed by atoms with Crippen molar-refractivity contribution in [3.05, 3.63) is 0 Å². The molecule has 1 rings (SSSR count). The third-order valence-corrected chi connectivity index (χ3v) is 2.64. The zero-order valence-corrected chi connectivity index (χ0v) is 9.19. The van der Waals surface area contributed by atoms with Gasteiger partial charge in [0.2, 0.25) is 5.91 Å². The maximum Gasteiger partial charge on any atom is 0.326 e. The predicted octanol–water partition coefficient (Wildman–Crippen LogP) is 0.189. The van der Waals surface area contributed by atoms with Gasteiger partial charge in [-0.2, -0.15) is 0 Å². The summed E-state index contributed by atoms with van der Waals surface area (Å²) >= 11 is 0. The van der Waals surface area contributed by atoms with E-state index >= 15 is 0 Å². The molecule has 0 saturated carbocycles. The zero-order chi connectivity index (χ0) is 11.6. The fourth-order valence-electron chi connectivity index (χ4n) is 1.96. The van der Waals surface area contributed by atoms with E-state index in [0.717, 1.165) is 6.42 Å². The van der Waals surface area contributed by atoms with Crippen molar-refractivity contribution in [2.24, 2.45) is 5.73 Å². The third kappa shape index (κ3) is 2.68. The molecule has 1 amide bonds.